The summed E-state index contributed by atoms with van der Waals surface area (Å²) < 4.78 is 10.9. The maximum Gasteiger partial charge on any atom is 0.324 e. The fourth-order valence-corrected chi connectivity index (χ4v) is 3.08. The third-order valence-electron chi connectivity index (χ3n) is 3.38. The van der Waals surface area contributed by atoms with E-state index in [4.69, 9.17) is 20.8 Å². The molecule has 1 aliphatic rings. The van der Waals surface area contributed by atoms with E-state index >= 15 is 0 Å². The monoisotopic (exact) mass is 352 g/mol. The molecule has 0 unspecified atom stereocenters. The number of hydrogen-bond acceptors (Lipinski definition) is 4. The maximum atomic E-state index is 12.1. The first-order chi connectivity index (χ1) is 11.2. The van der Waals surface area contributed by atoms with Gasteiger partial charge in [-0.15, -0.1) is 11.8 Å². The van der Waals surface area contributed by atoms with Crippen LogP contribution < -0.4 is 5.32 Å². The molecule has 2 amide bonds. The first kappa shape index (κ1) is 16.2. The van der Waals surface area contributed by atoms with Crippen molar-refractivity contribution in [3.8, 4) is 0 Å². The Kier molecular flexibility index (Phi) is 5.48. The van der Waals surface area contributed by atoms with Gasteiger partial charge in [-0.1, -0.05) is 11.6 Å². The Bertz CT molecular complexity index is 654. The van der Waals surface area contributed by atoms with Gasteiger partial charge < -0.3 is 14.1 Å². The fraction of sp³-hybridized carbons (Fsp3) is 0.312. The van der Waals surface area contributed by atoms with Crippen LogP contribution in [-0.2, 0) is 10.5 Å². The molecule has 1 aromatic heterocycles. The Labute approximate surface area is 143 Å². The van der Waals surface area contributed by atoms with Crippen LogP contribution in [0.1, 0.15) is 5.76 Å². The van der Waals surface area contributed by atoms with Gasteiger partial charge >= 0.3 is 6.03 Å². The zero-order valence-corrected chi connectivity index (χ0v) is 14.0. The summed E-state index contributed by atoms with van der Waals surface area (Å²) in [6, 6.07) is 11.2. The third kappa shape index (κ3) is 4.67. The summed E-state index contributed by atoms with van der Waals surface area (Å²) in [7, 11) is 0. The van der Waals surface area contributed by atoms with Gasteiger partial charge in [0, 0.05) is 29.1 Å². The lowest BCUT2D eigenvalue weighted by Crippen LogP contribution is -2.42. The standard InChI is InChI=1S/C16H17ClN2O3S/c17-12-1-4-14(5-2-12)23-11-13-3-6-15(22-13)18-16(20)19-7-9-21-10-8-19/h1-6H,7-11H2,(H,18,20). The molecular weight excluding hydrogens is 336 g/mol. The molecule has 2 aromatic rings. The third-order valence-corrected chi connectivity index (χ3v) is 4.67. The van der Waals surface area contributed by atoms with Crippen LogP contribution in [-0.4, -0.2) is 37.2 Å². The second kappa shape index (κ2) is 7.77. The fourth-order valence-electron chi connectivity index (χ4n) is 2.16. The van der Waals surface area contributed by atoms with Gasteiger partial charge in [-0.25, -0.2) is 4.79 Å². The second-order valence-electron chi connectivity index (χ2n) is 5.04. The highest BCUT2D eigenvalue weighted by Crippen LogP contribution is 2.26. The molecule has 1 N–H and O–H groups in total. The highest BCUT2D eigenvalue weighted by atomic mass is 35.5. The minimum Gasteiger partial charge on any atom is -0.444 e. The number of amides is 2. The van der Waals surface area contributed by atoms with Gasteiger partial charge in [0.15, 0.2) is 0 Å². The molecule has 23 heavy (non-hydrogen) atoms. The zero-order chi connectivity index (χ0) is 16.1. The lowest BCUT2D eigenvalue weighted by Gasteiger charge is -2.26. The van der Waals surface area contributed by atoms with Crippen molar-refractivity contribution >= 4 is 35.3 Å². The number of carbonyl (C=O) groups excluding carboxylic acids is 1. The lowest BCUT2D eigenvalue weighted by molar-refractivity contribution is 0.0563. The van der Waals surface area contributed by atoms with E-state index in [2.05, 4.69) is 5.32 Å². The topological polar surface area (TPSA) is 54.7 Å². The Morgan fingerprint density at radius 2 is 1.91 bits per heavy atom. The minimum atomic E-state index is -0.153. The molecule has 1 aliphatic heterocycles. The summed E-state index contributed by atoms with van der Waals surface area (Å²) in [6.07, 6.45) is 0. The quantitative estimate of drug-likeness (QED) is 0.842. The number of morpholine rings is 1. The van der Waals surface area contributed by atoms with E-state index in [-0.39, 0.29) is 6.03 Å². The highest BCUT2D eigenvalue weighted by Gasteiger charge is 2.17. The molecule has 2 heterocycles. The van der Waals surface area contributed by atoms with Gasteiger partial charge in [-0.3, -0.25) is 5.32 Å². The van der Waals surface area contributed by atoms with E-state index in [1.807, 2.05) is 30.3 Å². The van der Waals surface area contributed by atoms with E-state index in [0.29, 0.717) is 37.9 Å². The minimum absolute atomic E-state index is 0.153. The Hall–Kier alpha value is -1.63. The van der Waals surface area contributed by atoms with E-state index in [1.54, 1.807) is 22.7 Å². The first-order valence-corrected chi connectivity index (χ1v) is 8.68. The lowest BCUT2D eigenvalue weighted by atomic mass is 10.4. The average Bonchev–Trinajstić information content (AvgIpc) is 3.02. The van der Waals surface area contributed by atoms with Gasteiger partial charge in [0.2, 0.25) is 5.88 Å². The molecule has 1 saturated heterocycles. The number of nitrogens with one attached hydrogen (secondary N) is 1. The number of furan rings is 1. The number of anilines is 1. The van der Waals surface area contributed by atoms with Crippen LogP contribution in [0.3, 0.4) is 0 Å². The van der Waals surface area contributed by atoms with Crippen molar-refractivity contribution in [1.29, 1.82) is 0 Å². The van der Waals surface area contributed by atoms with Crippen molar-refractivity contribution in [1.82, 2.24) is 4.90 Å². The predicted octanol–water partition coefficient (Wildman–Crippen LogP) is 4.09. The van der Waals surface area contributed by atoms with Crippen molar-refractivity contribution in [3.05, 3.63) is 47.2 Å². The van der Waals surface area contributed by atoms with Gasteiger partial charge in [-0.2, -0.15) is 0 Å². The maximum absolute atomic E-state index is 12.1. The molecule has 122 valence electrons. The van der Waals surface area contributed by atoms with Crippen LogP contribution in [0.15, 0.2) is 45.7 Å². The number of hydrogen-bond donors (Lipinski definition) is 1. The molecule has 7 heteroatoms. The molecular formula is C16H17ClN2O3S. The Morgan fingerprint density at radius 3 is 2.65 bits per heavy atom. The summed E-state index contributed by atoms with van der Waals surface area (Å²) in [4.78, 5) is 14.9. The average molecular weight is 353 g/mol. The van der Waals surface area contributed by atoms with Crippen LogP contribution in [0.2, 0.25) is 5.02 Å². The molecule has 0 aliphatic carbocycles. The largest absolute Gasteiger partial charge is 0.444 e. The van der Waals surface area contributed by atoms with Crippen LogP contribution in [0.4, 0.5) is 10.7 Å². The van der Waals surface area contributed by atoms with Crippen LogP contribution in [0.5, 0.6) is 0 Å². The summed E-state index contributed by atoms with van der Waals surface area (Å²) in [6.45, 7) is 2.36. The summed E-state index contributed by atoms with van der Waals surface area (Å²) in [5, 5.41) is 3.50. The van der Waals surface area contributed by atoms with Crippen molar-refractivity contribution in [2.75, 3.05) is 31.6 Å². The Morgan fingerprint density at radius 1 is 1.17 bits per heavy atom. The SMILES string of the molecule is O=C(Nc1ccc(CSc2ccc(Cl)cc2)o1)N1CCOCC1. The zero-order valence-electron chi connectivity index (χ0n) is 12.5. The number of urea groups is 1. The second-order valence-corrected chi connectivity index (χ2v) is 6.52. The molecule has 0 atom stereocenters. The van der Waals surface area contributed by atoms with Crippen LogP contribution in [0, 0.1) is 0 Å². The number of benzene rings is 1. The number of rotatable bonds is 4. The summed E-state index contributed by atoms with van der Waals surface area (Å²) in [5.41, 5.74) is 0. The van der Waals surface area contributed by atoms with Crippen molar-refractivity contribution in [2.45, 2.75) is 10.6 Å². The first-order valence-electron chi connectivity index (χ1n) is 7.31. The van der Waals surface area contributed by atoms with Crippen LogP contribution >= 0.6 is 23.4 Å². The van der Waals surface area contributed by atoms with Crippen molar-refractivity contribution < 1.29 is 13.9 Å². The number of carbonyl (C=O) groups is 1. The summed E-state index contributed by atoms with van der Waals surface area (Å²) in [5.74, 6) is 1.96. The van der Waals surface area contributed by atoms with Gasteiger partial charge in [-0.05, 0) is 30.3 Å². The molecule has 0 bridgehead atoms. The predicted molar refractivity (Wildman–Crippen MR) is 91.1 cm³/mol. The molecule has 1 aromatic carbocycles. The molecule has 3 rings (SSSR count). The van der Waals surface area contributed by atoms with Gasteiger partial charge in [0.1, 0.15) is 5.76 Å². The van der Waals surface area contributed by atoms with Crippen LogP contribution in [0.25, 0.3) is 0 Å². The molecule has 0 saturated carbocycles. The van der Waals surface area contributed by atoms with E-state index < -0.39 is 0 Å². The Balaban J connectivity index is 1.51. The van der Waals surface area contributed by atoms with E-state index in [9.17, 15) is 4.79 Å². The number of thioether (sulfide) groups is 1. The van der Waals surface area contributed by atoms with E-state index in [0.717, 1.165) is 15.7 Å². The molecule has 0 radical (unpaired) electrons. The van der Waals surface area contributed by atoms with E-state index in [1.165, 1.54) is 0 Å². The van der Waals surface area contributed by atoms with Gasteiger partial charge in [0.25, 0.3) is 0 Å². The smallest absolute Gasteiger partial charge is 0.324 e. The van der Waals surface area contributed by atoms with Crippen molar-refractivity contribution in [2.24, 2.45) is 0 Å². The number of ether oxygens (including phenoxy) is 1. The van der Waals surface area contributed by atoms with Crippen molar-refractivity contribution in [3.63, 3.8) is 0 Å². The summed E-state index contributed by atoms with van der Waals surface area (Å²) >= 11 is 7.52. The molecule has 1 fully saturated rings. The number of halogens is 1. The number of nitrogens with zero attached hydrogens (tertiary/aromatic N) is 1. The molecule has 0 spiro atoms. The molecule has 5 nitrogen and oxygen atoms in total. The van der Waals surface area contributed by atoms with Gasteiger partial charge in [0.05, 0.1) is 19.0 Å². The highest BCUT2D eigenvalue weighted by molar-refractivity contribution is 7.98. The normalized spacial score (nSPS) is 14.7.